The van der Waals surface area contributed by atoms with Crippen molar-refractivity contribution >= 4 is 13.7 Å². The fourth-order valence-corrected chi connectivity index (χ4v) is 2.47. The highest BCUT2D eigenvalue weighted by molar-refractivity contribution is 7.46. The smallest absolute Gasteiger partial charge is 0.387 e. The number of phosphoric acid groups is 1. The summed E-state index contributed by atoms with van der Waals surface area (Å²) in [5.74, 6) is -0.249. The van der Waals surface area contributed by atoms with Gasteiger partial charge in [-0.2, -0.15) is 0 Å². The third-order valence-corrected chi connectivity index (χ3v) is 3.70. The number of rotatable bonds is 4. The second-order valence-corrected chi connectivity index (χ2v) is 6.06. The predicted octanol–water partition coefficient (Wildman–Crippen LogP) is -2.16. The van der Waals surface area contributed by atoms with E-state index in [1.54, 1.807) is 6.92 Å². The Labute approximate surface area is 120 Å². The fraction of sp³-hybridized carbons (Fsp3) is 0.700. The Morgan fingerprint density at radius 3 is 2.71 bits per heavy atom. The molecule has 1 amide bonds. The second-order valence-electron chi connectivity index (χ2n) is 4.82. The van der Waals surface area contributed by atoms with Crippen LogP contribution in [0.1, 0.15) is 6.92 Å². The number of carbonyl (C=O) groups is 1. The predicted molar refractivity (Wildman–Crippen MR) is 67.3 cm³/mol. The molecule has 2 aliphatic rings. The van der Waals surface area contributed by atoms with Crippen LogP contribution >= 0.6 is 7.82 Å². The van der Waals surface area contributed by atoms with Crippen molar-refractivity contribution in [2.45, 2.75) is 31.5 Å². The Balaban J connectivity index is 2.03. The maximum Gasteiger partial charge on any atom is 0.469 e. The standard InChI is InChI=1S/C10H17N2O8P/c1-5-2-12(4-11-9(5)15)10-8(14)7(13)6(20-10)3-19-21(16,17)18/h2,6-8,10,13-14H,3-4H2,1H3,(H,11,15)(H2,16,17,18). The van der Waals surface area contributed by atoms with Crippen molar-refractivity contribution in [2.24, 2.45) is 0 Å². The minimum absolute atomic E-state index is 0.0800. The molecule has 2 aliphatic heterocycles. The first-order chi connectivity index (χ1) is 9.69. The van der Waals surface area contributed by atoms with Crippen molar-refractivity contribution in [3.05, 3.63) is 11.8 Å². The van der Waals surface area contributed by atoms with E-state index >= 15 is 0 Å². The normalized spacial score (nSPS) is 33.9. The molecule has 120 valence electrons. The van der Waals surface area contributed by atoms with Gasteiger partial charge in [0, 0.05) is 11.8 Å². The first-order valence-corrected chi connectivity index (χ1v) is 7.66. The molecule has 0 radical (unpaired) electrons. The molecule has 0 aromatic heterocycles. The van der Waals surface area contributed by atoms with E-state index in [1.807, 2.05) is 0 Å². The van der Waals surface area contributed by atoms with Crippen LogP contribution in [0.4, 0.5) is 0 Å². The Hall–Kier alpha value is -1.00. The van der Waals surface area contributed by atoms with Crippen LogP contribution in [-0.2, 0) is 18.6 Å². The number of carbonyl (C=O) groups excluding carboxylic acids is 1. The number of aliphatic hydroxyl groups is 2. The van der Waals surface area contributed by atoms with Gasteiger partial charge in [0.25, 0.3) is 0 Å². The second kappa shape index (κ2) is 6.01. The van der Waals surface area contributed by atoms with Crippen LogP contribution < -0.4 is 5.32 Å². The molecule has 1 saturated heterocycles. The van der Waals surface area contributed by atoms with Gasteiger partial charge in [-0.3, -0.25) is 9.32 Å². The summed E-state index contributed by atoms with van der Waals surface area (Å²) in [6.45, 7) is 1.09. The number of hydrogen-bond donors (Lipinski definition) is 5. The molecule has 4 atom stereocenters. The van der Waals surface area contributed by atoms with E-state index in [1.165, 1.54) is 11.1 Å². The topological polar surface area (TPSA) is 149 Å². The van der Waals surface area contributed by atoms with Crippen LogP contribution in [0.15, 0.2) is 11.8 Å². The van der Waals surface area contributed by atoms with Gasteiger partial charge in [0.05, 0.1) is 13.3 Å². The van der Waals surface area contributed by atoms with Gasteiger partial charge in [-0.05, 0) is 6.92 Å². The van der Waals surface area contributed by atoms with Crippen molar-refractivity contribution in [1.29, 1.82) is 0 Å². The number of ether oxygens (including phenoxy) is 1. The Morgan fingerprint density at radius 2 is 2.14 bits per heavy atom. The molecule has 11 heteroatoms. The average molecular weight is 324 g/mol. The molecule has 5 N–H and O–H groups in total. The Kier molecular flexibility index (Phi) is 4.69. The first-order valence-electron chi connectivity index (χ1n) is 6.13. The van der Waals surface area contributed by atoms with Crippen LogP contribution in [0.2, 0.25) is 0 Å². The highest BCUT2D eigenvalue weighted by atomic mass is 31.2. The van der Waals surface area contributed by atoms with Gasteiger partial charge in [-0.15, -0.1) is 0 Å². The van der Waals surface area contributed by atoms with Crippen molar-refractivity contribution in [1.82, 2.24) is 10.2 Å². The summed E-state index contributed by atoms with van der Waals surface area (Å²) in [7, 11) is -4.69. The highest BCUT2D eigenvalue weighted by Crippen LogP contribution is 2.37. The molecule has 1 fully saturated rings. The number of amides is 1. The lowest BCUT2D eigenvalue weighted by Crippen LogP contribution is -2.49. The number of hydrogen-bond acceptors (Lipinski definition) is 7. The Bertz CT molecular complexity index is 491. The molecule has 0 aromatic rings. The molecule has 0 aromatic carbocycles. The number of nitrogens with one attached hydrogen (secondary N) is 1. The maximum absolute atomic E-state index is 11.3. The van der Waals surface area contributed by atoms with E-state index < -0.39 is 39.0 Å². The van der Waals surface area contributed by atoms with Gasteiger partial charge in [0.1, 0.15) is 18.3 Å². The van der Waals surface area contributed by atoms with Crippen molar-refractivity contribution in [3.8, 4) is 0 Å². The zero-order valence-electron chi connectivity index (χ0n) is 11.1. The van der Waals surface area contributed by atoms with E-state index in [-0.39, 0.29) is 12.6 Å². The van der Waals surface area contributed by atoms with Crippen LogP contribution in [0.3, 0.4) is 0 Å². The van der Waals surface area contributed by atoms with E-state index in [2.05, 4.69) is 9.84 Å². The zero-order valence-corrected chi connectivity index (χ0v) is 12.0. The molecular formula is C10H17N2O8P. The summed E-state index contributed by atoms with van der Waals surface area (Å²) in [6, 6.07) is 0. The van der Waals surface area contributed by atoms with Crippen LogP contribution in [0.25, 0.3) is 0 Å². The maximum atomic E-state index is 11.3. The van der Waals surface area contributed by atoms with Gasteiger partial charge >= 0.3 is 7.82 Å². The number of nitrogens with zero attached hydrogens (tertiary/aromatic N) is 1. The summed E-state index contributed by atoms with van der Waals surface area (Å²) < 4.78 is 20.3. The molecule has 0 spiro atoms. The lowest BCUT2D eigenvalue weighted by atomic mass is 10.1. The minimum Gasteiger partial charge on any atom is -0.387 e. The van der Waals surface area contributed by atoms with Gasteiger partial charge in [0.2, 0.25) is 5.91 Å². The quantitative estimate of drug-likeness (QED) is 0.364. The van der Waals surface area contributed by atoms with Crippen LogP contribution in [-0.4, -0.2) is 68.6 Å². The lowest BCUT2D eigenvalue weighted by molar-refractivity contribution is -0.122. The molecule has 2 rings (SSSR count). The van der Waals surface area contributed by atoms with E-state index in [4.69, 9.17) is 14.5 Å². The average Bonchev–Trinajstić information content (AvgIpc) is 2.67. The molecule has 4 unspecified atom stereocenters. The van der Waals surface area contributed by atoms with E-state index in [0.717, 1.165) is 0 Å². The molecule has 0 bridgehead atoms. The molecule has 21 heavy (non-hydrogen) atoms. The molecular weight excluding hydrogens is 307 g/mol. The summed E-state index contributed by atoms with van der Waals surface area (Å²) in [6.07, 6.45) is -3.25. The third-order valence-electron chi connectivity index (χ3n) is 3.21. The van der Waals surface area contributed by atoms with Gasteiger partial charge in [-0.25, -0.2) is 4.57 Å². The number of aliphatic hydroxyl groups excluding tert-OH is 2. The summed E-state index contributed by atoms with van der Waals surface area (Å²) in [4.78, 5) is 30.0. The van der Waals surface area contributed by atoms with Gasteiger partial charge in [-0.1, -0.05) is 0 Å². The van der Waals surface area contributed by atoms with Gasteiger partial charge < -0.3 is 35.0 Å². The monoisotopic (exact) mass is 324 g/mol. The largest absolute Gasteiger partial charge is 0.469 e. The van der Waals surface area contributed by atoms with Crippen molar-refractivity contribution in [3.63, 3.8) is 0 Å². The van der Waals surface area contributed by atoms with Crippen molar-refractivity contribution < 1.29 is 38.6 Å². The molecule has 2 heterocycles. The summed E-state index contributed by atoms with van der Waals surface area (Å²) >= 11 is 0. The SMILES string of the molecule is CC1=CN(C2OC(COP(=O)(O)O)C(O)C2O)CNC1=O. The van der Waals surface area contributed by atoms with E-state index in [9.17, 15) is 19.6 Å². The minimum atomic E-state index is -4.69. The van der Waals surface area contributed by atoms with Gasteiger partial charge in [0.15, 0.2) is 6.23 Å². The fourth-order valence-electron chi connectivity index (χ4n) is 2.13. The van der Waals surface area contributed by atoms with E-state index in [0.29, 0.717) is 5.57 Å². The highest BCUT2D eigenvalue weighted by Gasteiger charge is 2.46. The van der Waals surface area contributed by atoms with Crippen molar-refractivity contribution in [2.75, 3.05) is 13.3 Å². The number of phosphoric ester groups is 1. The zero-order chi connectivity index (χ0) is 15.8. The lowest BCUT2D eigenvalue weighted by Gasteiger charge is -2.32. The Morgan fingerprint density at radius 1 is 1.48 bits per heavy atom. The summed E-state index contributed by atoms with van der Waals surface area (Å²) in [5, 5.41) is 22.3. The molecule has 0 aliphatic carbocycles. The molecule has 0 saturated carbocycles. The third kappa shape index (κ3) is 3.80. The van der Waals surface area contributed by atoms with Crippen LogP contribution in [0, 0.1) is 0 Å². The molecule has 10 nitrogen and oxygen atoms in total. The summed E-state index contributed by atoms with van der Waals surface area (Å²) in [5.41, 5.74) is 0.404. The first kappa shape index (κ1) is 16.4. The van der Waals surface area contributed by atoms with Crippen LogP contribution in [0.5, 0.6) is 0 Å².